The highest BCUT2D eigenvalue weighted by Gasteiger charge is 2.36. The molecule has 3 aromatic rings. The van der Waals surface area contributed by atoms with E-state index in [-0.39, 0.29) is 30.6 Å². The Hall–Kier alpha value is -3.46. The molecule has 2 aliphatic heterocycles. The molecule has 3 heterocycles. The van der Waals surface area contributed by atoms with Gasteiger partial charge in [-0.2, -0.15) is 0 Å². The standard InChI is InChI=1S/C22H18FN3O4S/c23-15-3-1-13(2-4-15)17-12-31-22(24-17)25-21(28)14-9-20(27)26(11-14)16-5-6-18-19(10-16)30-8-7-29-18/h1-6,10,12,14H,7-9,11H2,(H,24,25,28)/t14-/m1/s1. The highest BCUT2D eigenvalue weighted by Crippen LogP contribution is 2.36. The van der Waals surface area contributed by atoms with Crippen molar-refractivity contribution in [1.82, 2.24) is 4.98 Å². The molecule has 0 aliphatic carbocycles. The fourth-order valence-corrected chi connectivity index (χ4v) is 4.35. The minimum Gasteiger partial charge on any atom is -0.486 e. The van der Waals surface area contributed by atoms with Crippen molar-refractivity contribution in [3.63, 3.8) is 0 Å². The summed E-state index contributed by atoms with van der Waals surface area (Å²) in [6.07, 6.45) is 0.121. The number of thiazole rings is 1. The van der Waals surface area contributed by atoms with Gasteiger partial charge in [0.15, 0.2) is 16.6 Å². The number of benzene rings is 2. The van der Waals surface area contributed by atoms with Gasteiger partial charge in [0.1, 0.15) is 19.0 Å². The Kier molecular flexibility index (Phi) is 5.03. The van der Waals surface area contributed by atoms with E-state index in [9.17, 15) is 14.0 Å². The van der Waals surface area contributed by atoms with Crippen LogP contribution < -0.4 is 19.7 Å². The number of ether oxygens (including phenoxy) is 2. The SMILES string of the molecule is O=C(Nc1nc(-c2ccc(F)cc2)cs1)[C@@H]1CC(=O)N(c2ccc3c(c2)OCCO3)C1. The van der Waals surface area contributed by atoms with Crippen molar-refractivity contribution in [3.05, 3.63) is 53.7 Å². The molecule has 2 amide bonds. The average Bonchev–Trinajstić information content (AvgIpc) is 3.41. The Balaban J connectivity index is 1.26. The molecule has 2 aromatic carbocycles. The van der Waals surface area contributed by atoms with Crippen LogP contribution in [0.4, 0.5) is 15.2 Å². The normalized spacial score (nSPS) is 17.6. The summed E-state index contributed by atoms with van der Waals surface area (Å²) in [5.41, 5.74) is 2.09. The van der Waals surface area contributed by atoms with E-state index in [1.165, 1.54) is 23.5 Å². The maximum absolute atomic E-state index is 13.1. The summed E-state index contributed by atoms with van der Waals surface area (Å²) >= 11 is 1.28. The molecule has 158 valence electrons. The van der Waals surface area contributed by atoms with Crippen LogP contribution in [0.15, 0.2) is 47.8 Å². The van der Waals surface area contributed by atoms with Gasteiger partial charge in [0, 0.05) is 35.7 Å². The molecule has 1 aromatic heterocycles. The summed E-state index contributed by atoms with van der Waals surface area (Å²) in [4.78, 5) is 31.3. The third-order valence-electron chi connectivity index (χ3n) is 5.21. The van der Waals surface area contributed by atoms with Crippen molar-refractivity contribution < 1.29 is 23.5 Å². The van der Waals surface area contributed by atoms with Crippen LogP contribution in [0, 0.1) is 11.7 Å². The van der Waals surface area contributed by atoms with E-state index < -0.39 is 5.92 Å². The number of nitrogens with zero attached hydrogens (tertiary/aromatic N) is 2. The molecule has 0 radical (unpaired) electrons. The van der Waals surface area contributed by atoms with Gasteiger partial charge in [0.05, 0.1) is 11.6 Å². The van der Waals surface area contributed by atoms with Crippen molar-refractivity contribution in [2.75, 3.05) is 30.0 Å². The smallest absolute Gasteiger partial charge is 0.231 e. The third-order valence-corrected chi connectivity index (χ3v) is 5.97. The molecule has 2 aliphatic rings. The number of carbonyl (C=O) groups is 2. The minimum absolute atomic E-state index is 0.121. The fourth-order valence-electron chi connectivity index (χ4n) is 3.62. The topological polar surface area (TPSA) is 80.8 Å². The van der Waals surface area contributed by atoms with E-state index in [0.717, 1.165) is 5.56 Å². The van der Waals surface area contributed by atoms with Gasteiger partial charge < -0.3 is 19.7 Å². The molecule has 1 fully saturated rings. The molecule has 0 unspecified atom stereocenters. The summed E-state index contributed by atoms with van der Waals surface area (Å²) in [6, 6.07) is 11.3. The van der Waals surface area contributed by atoms with Gasteiger partial charge in [0.25, 0.3) is 0 Å². The van der Waals surface area contributed by atoms with E-state index in [0.29, 0.717) is 41.2 Å². The number of nitrogens with one attached hydrogen (secondary N) is 1. The second-order valence-electron chi connectivity index (χ2n) is 7.27. The first-order valence-electron chi connectivity index (χ1n) is 9.79. The second kappa shape index (κ2) is 7.99. The van der Waals surface area contributed by atoms with Crippen LogP contribution in [-0.2, 0) is 9.59 Å². The molecular formula is C22H18FN3O4S. The maximum Gasteiger partial charge on any atom is 0.231 e. The molecule has 9 heteroatoms. The van der Waals surface area contributed by atoms with Crippen molar-refractivity contribution in [2.24, 2.45) is 5.92 Å². The molecule has 0 spiro atoms. The predicted molar refractivity (Wildman–Crippen MR) is 114 cm³/mol. The Bertz CT molecular complexity index is 1150. The maximum atomic E-state index is 13.1. The molecule has 0 saturated carbocycles. The second-order valence-corrected chi connectivity index (χ2v) is 8.13. The number of fused-ring (bicyclic) bond motifs is 1. The lowest BCUT2D eigenvalue weighted by molar-refractivity contribution is -0.122. The van der Waals surface area contributed by atoms with Crippen LogP contribution >= 0.6 is 11.3 Å². The van der Waals surface area contributed by atoms with Gasteiger partial charge in [-0.1, -0.05) is 0 Å². The Labute approximate surface area is 181 Å². The van der Waals surface area contributed by atoms with E-state index >= 15 is 0 Å². The summed E-state index contributed by atoms with van der Waals surface area (Å²) in [7, 11) is 0. The Morgan fingerprint density at radius 1 is 1.13 bits per heavy atom. The van der Waals surface area contributed by atoms with Crippen molar-refractivity contribution in [2.45, 2.75) is 6.42 Å². The number of anilines is 2. The largest absolute Gasteiger partial charge is 0.486 e. The van der Waals surface area contributed by atoms with E-state index in [4.69, 9.17) is 9.47 Å². The van der Waals surface area contributed by atoms with Crippen LogP contribution in [0.1, 0.15) is 6.42 Å². The lowest BCUT2D eigenvalue weighted by atomic mass is 10.1. The lowest BCUT2D eigenvalue weighted by Crippen LogP contribution is -2.28. The zero-order valence-corrected chi connectivity index (χ0v) is 17.2. The number of carbonyl (C=O) groups excluding carboxylic acids is 2. The van der Waals surface area contributed by atoms with Crippen LogP contribution in [-0.4, -0.2) is 36.6 Å². The summed E-state index contributed by atoms with van der Waals surface area (Å²) in [5, 5.41) is 5.03. The van der Waals surface area contributed by atoms with Crippen molar-refractivity contribution >= 4 is 34.0 Å². The highest BCUT2D eigenvalue weighted by atomic mass is 32.1. The molecule has 1 N–H and O–H groups in total. The van der Waals surface area contributed by atoms with Crippen molar-refractivity contribution in [3.8, 4) is 22.8 Å². The van der Waals surface area contributed by atoms with Gasteiger partial charge in [-0.15, -0.1) is 11.3 Å². The van der Waals surface area contributed by atoms with Gasteiger partial charge >= 0.3 is 0 Å². The minimum atomic E-state index is -0.487. The zero-order valence-electron chi connectivity index (χ0n) is 16.3. The van der Waals surface area contributed by atoms with E-state index in [1.807, 2.05) is 0 Å². The van der Waals surface area contributed by atoms with Gasteiger partial charge in [-0.05, 0) is 36.4 Å². The van der Waals surface area contributed by atoms with Crippen LogP contribution in [0.3, 0.4) is 0 Å². The molecule has 31 heavy (non-hydrogen) atoms. The molecule has 5 rings (SSSR count). The molecule has 1 atom stereocenters. The number of aromatic nitrogens is 1. The van der Waals surface area contributed by atoms with E-state index in [2.05, 4.69) is 10.3 Å². The highest BCUT2D eigenvalue weighted by molar-refractivity contribution is 7.14. The van der Waals surface area contributed by atoms with Crippen LogP contribution in [0.2, 0.25) is 0 Å². The number of amides is 2. The lowest BCUT2D eigenvalue weighted by Gasteiger charge is -2.22. The predicted octanol–water partition coefficient (Wildman–Crippen LogP) is 3.71. The Morgan fingerprint density at radius 2 is 1.90 bits per heavy atom. The summed E-state index contributed by atoms with van der Waals surface area (Å²) in [6.45, 7) is 1.24. The first-order valence-corrected chi connectivity index (χ1v) is 10.7. The fraction of sp³-hybridized carbons (Fsp3) is 0.227. The summed E-state index contributed by atoms with van der Waals surface area (Å²) in [5.74, 6) is 0.0634. The van der Waals surface area contributed by atoms with Gasteiger partial charge in [-0.3, -0.25) is 9.59 Å². The van der Waals surface area contributed by atoms with Gasteiger partial charge in [0.2, 0.25) is 11.8 Å². The van der Waals surface area contributed by atoms with E-state index in [1.54, 1.807) is 40.6 Å². The number of rotatable bonds is 4. The molecule has 7 nitrogen and oxygen atoms in total. The molecule has 1 saturated heterocycles. The van der Waals surface area contributed by atoms with Crippen LogP contribution in [0.25, 0.3) is 11.3 Å². The average molecular weight is 439 g/mol. The quantitative estimate of drug-likeness (QED) is 0.670. The number of hydrogen-bond acceptors (Lipinski definition) is 6. The number of halogens is 1. The third kappa shape index (κ3) is 3.96. The number of hydrogen-bond donors (Lipinski definition) is 1. The summed E-state index contributed by atoms with van der Waals surface area (Å²) < 4.78 is 24.2. The monoisotopic (exact) mass is 439 g/mol. The Morgan fingerprint density at radius 3 is 2.71 bits per heavy atom. The van der Waals surface area contributed by atoms with Crippen molar-refractivity contribution in [1.29, 1.82) is 0 Å². The van der Waals surface area contributed by atoms with Crippen LogP contribution in [0.5, 0.6) is 11.5 Å². The molecule has 0 bridgehead atoms. The van der Waals surface area contributed by atoms with Gasteiger partial charge in [-0.25, -0.2) is 9.37 Å². The molecular weight excluding hydrogens is 421 g/mol. The first kappa shape index (κ1) is 19.5. The zero-order chi connectivity index (χ0) is 21.4. The first-order chi connectivity index (χ1) is 15.1.